The van der Waals surface area contributed by atoms with E-state index in [2.05, 4.69) is 52.9 Å². The molecule has 1 atom stereocenters. The van der Waals surface area contributed by atoms with Gasteiger partial charge in [-0.15, -0.1) is 10.2 Å². The fourth-order valence-corrected chi connectivity index (χ4v) is 4.92. The lowest BCUT2D eigenvalue weighted by Gasteiger charge is -2.25. The van der Waals surface area contributed by atoms with Crippen LogP contribution in [-0.2, 0) is 22.6 Å². The van der Waals surface area contributed by atoms with Crippen LogP contribution in [0.15, 0.2) is 59.8 Å². The fourth-order valence-electron chi connectivity index (χ4n) is 4.01. The minimum Gasteiger partial charge on any atom is -0.376 e. The molecule has 7 heteroatoms. The number of nitrogens with zero attached hydrogens (tertiary/aromatic N) is 4. The van der Waals surface area contributed by atoms with Crippen LogP contribution in [-0.4, -0.2) is 50.6 Å². The molecule has 2 heterocycles. The number of aromatic nitrogens is 3. The van der Waals surface area contributed by atoms with Crippen LogP contribution in [0.5, 0.6) is 0 Å². The number of thioether (sulfide) groups is 1. The van der Waals surface area contributed by atoms with E-state index in [4.69, 9.17) is 4.74 Å². The molecule has 1 aromatic heterocycles. The molecule has 2 aromatic carbocycles. The minimum atomic E-state index is 0.0949. The van der Waals surface area contributed by atoms with E-state index in [-0.39, 0.29) is 12.0 Å². The molecule has 168 valence electrons. The van der Waals surface area contributed by atoms with E-state index in [0.717, 1.165) is 53.7 Å². The first kappa shape index (κ1) is 22.6. The molecule has 1 unspecified atom stereocenters. The zero-order valence-corrected chi connectivity index (χ0v) is 19.6. The molecule has 0 aliphatic carbocycles. The third kappa shape index (κ3) is 5.40. The smallest absolute Gasteiger partial charge is 0.233 e. The zero-order chi connectivity index (χ0) is 22.3. The molecule has 1 amide bonds. The van der Waals surface area contributed by atoms with Gasteiger partial charge in [0.1, 0.15) is 0 Å². The van der Waals surface area contributed by atoms with Crippen LogP contribution < -0.4 is 0 Å². The molecule has 32 heavy (non-hydrogen) atoms. The van der Waals surface area contributed by atoms with Crippen molar-refractivity contribution >= 4 is 17.7 Å². The number of benzene rings is 2. The molecule has 0 spiro atoms. The Balaban J connectivity index is 1.47. The highest BCUT2D eigenvalue weighted by atomic mass is 32.2. The summed E-state index contributed by atoms with van der Waals surface area (Å²) in [6, 6.07) is 18.3. The zero-order valence-electron chi connectivity index (χ0n) is 18.7. The number of amides is 1. The van der Waals surface area contributed by atoms with Crippen molar-refractivity contribution < 1.29 is 9.53 Å². The predicted octanol–water partition coefficient (Wildman–Crippen LogP) is 4.57. The molecule has 1 aliphatic rings. The highest BCUT2D eigenvalue weighted by Crippen LogP contribution is 2.26. The Labute approximate surface area is 194 Å². The van der Waals surface area contributed by atoms with E-state index < -0.39 is 0 Å². The van der Waals surface area contributed by atoms with Crippen LogP contribution in [0, 0.1) is 6.92 Å². The van der Waals surface area contributed by atoms with Crippen LogP contribution in [0.1, 0.15) is 30.9 Å². The Bertz CT molecular complexity index is 1030. The summed E-state index contributed by atoms with van der Waals surface area (Å²) in [6.07, 6.45) is 2.20. The number of ether oxygens (including phenoxy) is 1. The van der Waals surface area contributed by atoms with Gasteiger partial charge in [-0.1, -0.05) is 66.4 Å². The summed E-state index contributed by atoms with van der Waals surface area (Å²) in [5.41, 5.74) is 3.36. The van der Waals surface area contributed by atoms with Gasteiger partial charge in [-0.25, -0.2) is 0 Å². The molecule has 0 saturated carbocycles. The summed E-state index contributed by atoms with van der Waals surface area (Å²) in [4.78, 5) is 15.2. The molecule has 0 bridgehead atoms. The van der Waals surface area contributed by atoms with E-state index in [9.17, 15) is 4.79 Å². The summed E-state index contributed by atoms with van der Waals surface area (Å²) in [7, 11) is 0. The molecule has 4 rings (SSSR count). The van der Waals surface area contributed by atoms with Crippen molar-refractivity contribution in [1.82, 2.24) is 19.7 Å². The standard InChI is InChI=1S/C25H30N4O2S/c1-3-29-24(22-14-8-7-10-19(22)2)26-27-25(29)32-18-23(30)28(17-21-13-9-15-31-21)16-20-11-5-4-6-12-20/h4-8,10-12,14,21H,3,9,13,15-18H2,1-2H3. The first-order valence-electron chi connectivity index (χ1n) is 11.2. The molecule has 1 fully saturated rings. The van der Waals surface area contributed by atoms with Gasteiger partial charge < -0.3 is 14.2 Å². The van der Waals surface area contributed by atoms with Crippen molar-refractivity contribution in [3.63, 3.8) is 0 Å². The Morgan fingerprint density at radius 1 is 1.16 bits per heavy atom. The third-order valence-corrected chi connectivity index (χ3v) is 6.71. The van der Waals surface area contributed by atoms with Gasteiger partial charge in [-0.3, -0.25) is 4.79 Å². The Kier molecular flexibility index (Phi) is 7.60. The van der Waals surface area contributed by atoms with Gasteiger partial charge in [0.15, 0.2) is 11.0 Å². The van der Waals surface area contributed by atoms with Crippen molar-refractivity contribution in [3.05, 3.63) is 65.7 Å². The second kappa shape index (κ2) is 10.8. The number of hydrogen-bond donors (Lipinski definition) is 0. The summed E-state index contributed by atoms with van der Waals surface area (Å²) in [5, 5.41) is 9.62. The van der Waals surface area contributed by atoms with Crippen molar-refractivity contribution in [1.29, 1.82) is 0 Å². The predicted molar refractivity (Wildman–Crippen MR) is 127 cm³/mol. The molecule has 1 aliphatic heterocycles. The summed E-state index contributed by atoms with van der Waals surface area (Å²) >= 11 is 1.46. The summed E-state index contributed by atoms with van der Waals surface area (Å²) in [5.74, 6) is 1.27. The molecule has 6 nitrogen and oxygen atoms in total. The lowest BCUT2D eigenvalue weighted by molar-refractivity contribution is -0.130. The van der Waals surface area contributed by atoms with Gasteiger partial charge >= 0.3 is 0 Å². The van der Waals surface area contributed by atoms with Gasteiger partial charge in [0.2, 0.25) is 5.91 Å². The Hall–Kier alpha value is -2.64. The van der Waals surface area contributed by atoms with Crippen LogP contribution in [0.2, 0.25) is 0 Å². The van der Waals surface area contributed by atoms with Crippen molar-refractivity contribution in [2.45, 2.75) is 51.0 Å². The second-order valence-corrected chi connectivity index (χ2v) is 8.99. The lowest BCUT2D eigenvalue weighted by Crippen LogP contribution is -2.38. The molecule has 0 N–H and O–H groups in total. The Morgan fingerprint density at radius 2 is 1.94 bits per heavy atom. The quantitative estimate of drug-likeness (QED) is 0.447. The maximum absolute atomic E-state index is 13.2. The van der Waals surface area contributed by atoms with Gasteiger partial charge in [0.25, 0.3) is 0 Å². The molecule has 3 aromatic rings. The van der Waals surface area contributed by atoms with Gasteiger partial charge in [0, 0.05) is 31.8 Å². The molecule has 0 radical (unpaired) electrons. The maximum Gasteiger partial charge on any atom is 0.233 e. The van der Waals surface area contributed by atoms with Crippen LogP contribution in [0.25, 0.3) is 11.4 Å². The number of hydrogen-bond acceptors (Lipinski definition) is 5. The van der Waals surface area contributed by atoms with Crippen LogP contribution in [0.3, 0.4) is 0 Å². The van der Waals surface area contributed by atoms with E-state index >= 15 is 0 Å². The largest absolute Gasteiger partial charge is 0.376 e. The van der Waals surface area contributed by atoms with Crippen molar-refractivity contribution in [3.8, 4) is 11.4 Å². The average Bonchev–Trinajstić information content (AvgIpc) is 3.47. The highest BCUT2D eigenvalue weighted by molar-refractivity contribution is 7.99. The highest BCUT2D eigenvalue weighted by Gasteiger charge is 2.24. The lowest BCUT2D eigenvalue weighted by atomic mass is 10.1. The molecular weight excluding hydrogens is 420 g/mol. The van der Waals surface area contributed by atoms with Gasteiger partial charge in [-0.2, -0.15) is 0 Å². The van der Waals surface area contributed by atoms with E-state index in [0.29, 0.717) is 18.8 Å². The summed E-state index contributed by atoms with van der Waals surface area (Å²) < 4.78 is 7.89. The fraction of sp³-hybridized carbons (Fsp3) is 0.400. The van der Waals surface area contributed by atoms with Crippen LogP contribution in [0.4, 0.5) is 0 Å². The topological polar surface area (TPSA) is 60.2 Å². The van der Waals surface area contributed by atoms with Gasteiger partial charge in [0.05, 0.1) is 11.9 Å². The minimum absolute atomic E-state index is 0.0949. The molecule has 1 saturated heterocycles. The first-order chi connectivity index (χ1) is 15.7. The number of rotatable bonds is 9. The molecular formula is C25H30N4O2S. The first-order valence-corrected chi connectivity index (χ1v) is 12.2. The van der Waals surface area contributed by atoms with E-state index in [1.54, 1.807) is 0 Å². The second-order valence-electron chi connectivity index (χ2n) is 8.05. The SMILES string of the molecule is CCn1c(SCC(=O)N(Cc2ccccc2)CC2CCCO2)nnc1-c1ccccc1C. The van der Waals surface area contributed by atoms with Crippen molar-refractivity contribution in [2.24, 2.45) is 0 Å². The van der Waals surface area contributed by atoms with E-state index in [1.807, 2.05) is 35.2 Å². The van der Waals surface area contributed by atoms with Gasteiger partial charge in [-0.05, 0) is 37.8 Å². The summed E-state index contributed by atoms with van der Waals surface area (Å²) in [6.45, 7) is 6.91. The number of aryl methyl sites for hydroxylation is 1. The normalized spacial score (nSPS) is 15.8. The van der Waals surface area contributed by atoms with E-state index in [1.165, 1.54) is 11.8 Å². The third-order valence-electron chi connectivity index (χ3n) is 5.76. The average molecular weight is 451 g/mol. The van der Waals surface area contributed by atoms with Crippen LogP contribution >= 0.6 is 11.8 Å². The monoisotopic (exact) mass is 450 g/mol. The Morgan fingerprint density at radius 3 is 2.66 bits per heavy atom. The number of carbonyl (C=O) groups is 1. The van der Waals surface area contributed by atoms with Crippen molar-refractivity contribution in [2.75, 3.05) is 18.9 Å². The maximum atomic E-state index is 13.2. The number of carbonyl (C=O) groups excluding carboxylic acids is 1.